The fraction of sp³-hybridized carbons (Fsp3) is 0.267. The number of carbonyl (C=O) groups is 2. The minimum Gasteiger partial charge on any atom is -0.507 e. The van der Waals surface area contributed by atoms with E-state index in [0.29, 0.717) is 17.9 Å². The van der Waals surface area contributed by atoms with Crippen molar-refractivity contribution in [2.75, 3.05) is 6.61 Å². The van der Waals surface area contributed by atoms with Gasteiger partial charge in [0.2, 0.25) is 0 Å². The van der Waals surface area contributed by atoms with E-state index in [9.17, 15) is 14.7 Å². The van der Waals surface area contributed by atoms with Crippen LogP contribution in [0.1, 0.15) is 48.6 Å². The summed E-state index contributed by atoms with van der Waals surface area (Å²) in [5.41, 5.74) is 3.19. The highest BCUT2D eigenvalue weighted by Gasteiger charge is 2.46. The van der Waals surface area contributed by atoms with Crippen LogP contribution >= 0.6 is 0 Å². The first-order chi connectivity index (χ1) is 17.5. The number of carbonyl (C=O) groups excluding carboxylic acids is 2. The van der Waals surface area contributed by atoms with Crippen LogP contribution in [0.5, 0.6) is 11.5 Å². The van der Waals surface area contributed by atoms with Gasteiger partial charge in [0.25, 0.3) is 11.7 Å². The zero-order valence-electron chi connectivity index (χ0n) is 20.4. The van der Waals surface area contributed by atoms with Crippen molar-refractivity contribution in [3.63, 3.8) is 0 Å². The maximum atomic E-state index is 13.3. The van der Waals surface area contributed by atoms with Crippen molar-refractivity contribution in [1.82, 2.24) is 4.90 Å². The van der Waals surface area contributed by atoms with Gasteiger partial charge >= 0.3 is 0 Å². The zero-order valence-corrected chi connectivity index (χ0v) is 20.4. The number of aliphatic hydroxyl groups is 1. The predicted molar refractivity (Wildman–Crippen MR) is 137 cm³/mol. The average Bonchev–Trinajstić information content (AvgIpc) is 3.39. The van der Waals surface area contributed by atoms with Crippen LogP contribution in [-0.4, -0.2) is 34.4 Å². The number of Topliss-reactive ketones (excluding diaryl/α,β-unsaturated/α-hetero) is 1. The van der Waals surface area contributed by atoms with Crippen LogP contribution < -0.4 is 9.47 Å². The van der Waals surface area contributed by atoms with E-state index in [1.807, 2.05) is 80.6 Å². The Hall–Kier alpha value is -4.06. The van der Waals surface area contributed by atoms with Gasteiger partial charge in [-0.2, -0.15) is 0 Å². The molecule has 0 unspecified atom stereocenters. The second-order valence-electron chi connectivity index (χ2n) is 9.29. The highest BCUT2D eigenvalue weighted by molar-refractivity contribution is 6.46. The monoisotopic (exact) mass is 483 g/mol. The third-order valence-electron chi connectivity index (χ3n) is 6.57. The van der Waals surface area contributed by atoms with Crippen molar-refractivity contribution in [1.29, 1.82) is 0 Å². The molecule has 184 valence electrons. The number of nitrogens with zero attached hydrogens (tertiary/aromatic N) is 1. The van der Waals surface area contributed by atoms with Gasteiger partial charge in [0.1, 0.15) is 23.4 Å². The summed E-state index contributed by atoms with van der Waals surface area (Å²) in [7, 11) is 0. The molecular formula is C30H29NO5. The number of ketones is 1. The molecule has 3 aromatic rings. The van der Waals surface area contributed by atoms with Gasteiger partial charge in [-0.1, -0.05) is 49.4 Å². The molecule has 0 aromatic heterocycles. The SMILES string of the molecule is CCCOc1ccc([C@H]2C(=C(O)c3ccc4c(c3)C[C@H](C)O4)C(=O)C(=O)N2Cc2ccccc2)cc1. The molecule has 1 amide bonds. The van der Waals surface area contributed by atoms with Crippen molar-refractivity contribution < 1.29 is 24.2 Å². The van der Waals surface area contributed by atoms with Gasteiger partial charge < -0.3 is 19.5 Å². The third-order valence-corrected chi connectivity index (χ3v) is 6.57. The van der Waals surface area contributed by atoms with Crippen LogP contribution in [0.3, 0.4) is 0 Å². The van der Waals surface area contributed by atoms with Crippen molar-refractivity contribution in [2.24, 2.45) is 0 Å². The Bertz CT molecular complexity index is 1310. The fourth-order valence-electron chi connectivity index (χ4n) is 4.86. The number of benzene rings is 3. The molecule has 1 saturated heterocycles. The van der Waals surface area contributed by atoms with Gasteiger partial charge in [0, 0.05) is 18.5 Å². The lowest BCUT2D eigenvalue weighted by atomic mass is 9.94. The quantitative estimate of drug-likeness (QED) is 0.276. The molecule has 1 N–H and O–H groups in total. The lowest BCUT2D eigenvalue weighted by Gasteiger charge is -2.25. The molecule has 6 nitrogen and oxygen atoms in total. The molecular weight excluding hydrogens is 454 g/mol. The number of hydrogen-bond donors (Lipinski definition) is 1. The normalized spacial score (nSPS) is 20.3. The van der Waals surface area contributed by atoms with E-state index in [4.69, 9.17) is 9.47 Å². The standard InChI is InChI=1S/C30H29NO5/c1-3-15-35-24-12-9-21(10-13-24)27-26(28(32)22-11-14-25-23(17-22)16-19(2)36-25)29(33)30(34)31(27)18-20-7-5-4-6-8-20/h4-14,17,19,27,32H,3,15-16,18H2,1-2H3/t19-,27-/m0/s1. The summed E-state index contributed by atoms with van der Waals surface area (Å²) >= 11 is 0. The van der Waals surface area contributed by atoms with Gasteiger partial charge in [-0.05, 0) is 60.4 Å². The van der Waals surface area contributed by atoms with Crippen molar-refractivity contribution in [2.45, 2.75) is 45.4 Å². The summed E-state index contributed by atoms with van der Waals surface area (Å²) in [5, 5.41) is 11.4. The molecule has 5 rings (SSSR count). The molecule has 3 aromatic carbocycles. The maximum absolute atomic E-state index is 13.3. The molecule has 1 fully saturated rings. The van der Waals surface area contributed by atoms with Crippen LogP contribution in [0, 0.1) is 0 Å². The van der Waals surface area contributed by atoms with Crippen molar-refractivity contribution >= 4 is 17.4 Å². The first-order valence-corrected chi connectivity index (χ1v) is 12.3. The molecule has 2 atom stereocenters. The lowest BCUT2D eigenvalue weighted by Crippen LogP contribution is -2.29. The number of rotatable bonds is 7. The van der Waals surface area contributed by atoms with Crippen molar-refractivity contribution in [3.8, 4) is 11.5 Å². The van der Waals surface area contributed by atoms with Crippen molar-refractivity contribution in [3.05, 3.63) is 101 Å². The fourth-order valence-corrected chi connectivity index (χ4v) is 4.86. The number of hydrogen-bond acceptors (Lipinski definition) is 5. The Morgan fingerprint density at radius 1 is 1.06 bits per heavy atom. The first-order valence-electron chi connectivity index (χ1n) is 12.3. The Kier molecular flexibility index (Phi) is 6.51. The van der Waals surface area contributed by atoms with E-state index >= 15 is 0 Å². The van der Waals surface area contributed by atoms with Crippen LogP contribution in [-0.2, 0) is 22.6 Å². The molecule has 0 radical (unpaired) electrons. The minimum atomic E-state index is -0.728. The Labute approximate surface area is 210 Å². The van der Waals surface area contributed by atoms with Crippen LogP contribution in [0.2, 0.25) is 0 Å². The summed E-state index contributed by atoms with van der Waals surface area (Å²) in [6, 6.07) is 21.6. The van der Waals surface area contributed by atoms with Crippen LogP contribution in [0.4, 0.5) is 0 Å². The van der Waals surface area contributed by atoms with E-state index in [-0.39, 0.29) is 24.0 Å². The van der Waals surface area contributed by atoms with E-state index in [0.717, 1.165) is 35.3 Å². The number of ether oxygens (including phenoxy) is 2. The summed E-state index contributed by atoms with van der Waals surface area (Å²) in [6.07, 6.45) is 1.67. The minimum absolute atomic E-state index is 0.0577. The van der Waals surface area contributed by atoms with Gasteiger partial charge in [-0.15, -0.1) is 0 Å². The highest BCUT2D eigenvalue weighted by atomic mass is 16.5. The molecule has 36 heavy (non-hydrogen) atoms. The summed E-state index contributed by atoms with van der Waals surface area (Å²) in [4.78, 5) is 28.1. The van der Waals surface area contributed by atoms with Gasteiger partial charge in [-0.25, -0.2) is 0 Å². The summed E-state index contributed by atoms with van der Waals surface area (Å²) in [6.45, 7) is 4.88. The van der Waals surface area contributed by atoms with Gasteiger partial charge in [0.05, 0.1) is 18.2 Å². The first kappa shape index (κ1) is 23.7. The molecule has 0 saturated carbocycles. The highest BCUT2D eigenvalue weighted by Crippen LogP contribution is 2.41. The zero-order chi connectivity index (χ0) is 25.2. The molecule has 2 aliphatic heterocycles. The van der Waals surface area contributed by atoms with E-state index in [2.05, 4.69) is 0 Å². The number of amides is 1. The number of aliphatic hydroxyl groups excluding tert-OH is 1. The number of likely N-dealkylation sites (tertiary alicyclic amines) is 1. The van der Waals surface area contributed by atoms with E-state index < -0.39 is 17.7 Å². The maximum Gasteiger partial charge on any atom is 0.295 e. The Balaban J connectivity index is 1.58. The second kappa shape index (κ2) is 9.90. The smallest absolute Gasteiger partial charge is 0.295 e. The molecule has 6 heteroatoms. The van der Waals surface area contributed by atoms with Gasteiger partial charge in [0.15, 0.2) is 0 Å². The number of fused-ring (bicyclic) bond motifs is 1. The van der Waals surface area contributed by atoms with Crippen LogP contribution in [0.25, 0.3) is 5.76 Å². The van der Waals surface area contributed by atoms with E-state index in [1.165, 1.54) is 4.90 Å². The summed E-state index contributed by atoms with van der Waals surface area (Å²) < 4.78 is 11.5. The lowest BCUT2D eigenvalue weighted by molar-refractivity contribution is -0.140. The van der Waals surface area contributed by atoms with Gasteiger partial charge in [-0.3, -0.25) is 9.59 Å². The molecule has 0 aliphatic carbocycles. The third kappa shape index (κ3) is 4.47. The summed E-state index contributed by atoms with van der Waals surface area (Å²) in [5.74, 6) is -0.00147. The largest absolute Gasteiger partial charge is 0.507 e. The molecule has 0 spiro atoms. The Morgan fingerprint density at radius 2 is 1.81 bits per heavy atom. The topological polar surface area (TPSA) is 76.1 Å². The predicted octanol–water partition coefficient (Wildman–Crippen LogP) is 5.42. The van der Waals surface area contributed by atoms with E-state index in [1.54, 1.807) is 6.07 Å². The Morgan fingerprint density at radius 3 is 2.53 bits per heavy atom. The molecule has 0 bridgehead atoms. The van der Waals surface area contributed by atoms with Crippen LogP contribution in [0.15, 0.2) is 78.4 Å². The second-order valence-corrected chi connectivity index (χ2v) is 9.29. The molecule has 2 heterocycles. The molecule has 2 aliphatic rings. The average molecular weight is 484 g/mol.